The zero-order valence-corrected chi connectivity index (χ0v) is 22.0. The van der Waals surface area contributed by atoms with Crippen LogP contribution in [0, 0.1) is 24.4 Å². The van der Waals surface area contributed by atoms with Gasteiger partial charge in [-0.25, -0.2) is 22.8 Å². The molecule has 11 heteroatoms. The van der Waals surface area contributed by atoms with Crippen molar-refractivity contribution >= 4 is 6.09 Å². The van der Waals surface area contributed by atoms with E-state index in [1.54, 1.807) is 27.7 Å². The topological polar surface area (TPSA) is 91.6 Å². The SMILES string of the molecule is COc1cccc(-c2c(C)n(Cc3c(F)cccc3F)c(=O)n(C[C@@H](C)NC(=O)OC(C)(C)C)c2=O)c1F. The van der Waals surface area contributed by atoms with Gasteiger partial charge in [0.15, 0.2) is 11.6 Å². The fourth-order valence-corrected chi connectivity index (χ4v) is 3.99. The van der Waals surface area contributed by atoms with Crippen molar-refractivity contribution in [2.24, 2.45) is 0 Å². The first kappa shape index (κ1) is 28.5. The molecule has 0 bridgehead atoms. The molecule has 0 fully saturated rings. The lowest BCUT2D eigenvalue weighted by molar-refractivity contribution is 0.0503. The molecule has 0 spiro atoms. The molecule has 0 aliphatic carbocycles. The summed E-state index contributed by atoms with van der Waals surface area (Å²) in [4.78, 5) is 39.3. The number of carbonyl (C=O) groups excluding carboxylic acids is 1. The number of amides is 1. The molecule has 1 amide bonds. The lowest BCUT2D eigenvalue weighted by atomic mass is 10.0. The molecule has 0 saturated carbocycles. The molecule has 38 heavy (non-hydrogen) atoms. The zero-order valence-electron chi connectivity index (χ0n) is 22.0. The Bertz CT molecular complexity index is 1450. The van der Waals surface area contributed by atoms with E-state index in [4.69, 9.17) is 9.47 Å². The number of carbonyl (C=O) groups is 1. The predicted octanol–water partition coefficient (Wildman–Crippen LogP) is 4.37. The van der Waals surface area contributed by atoms with Crippen molar-refractivity contribution < 1.29 is 27.4 Å². The van der Waals surface area contributed by atoms with Gasteiger partial charge in [0, 0.05) is 22.9 Å². The van der Waals surface area contributed by atoms with Gasteiger partial charge in [-0.15, -0.1) is 0 Å². The van der Waals surface area contributed by atoms with Gasteiger partial charge in [-0.05, 0) is 52.8 Å². The third-order valence-electron chi connectivity index (χ3n) is 5.74. The van der Waals surface area contributed by atoms with E-state index in [0.717, 1.165) is 21.3 Å². The van der Waals surface area contributed by atoms with Crippen molar-refractivity contribution in [3.05, 3.63) is 85.9 Å². The molecule has 204 valence electrons. The first-order chi connectivity index (χ1) is 17.7. The van der Waals surface area contributed by atoms with Crippen LogP contribution in [0.25, 0.3) is 11.1 Å². The van der Waals surface area contributed by atoms with Crippen LogP contribution in [-0.4, -0.2) is 34.0 Å². The number of ether oxygens (including phenoxy) is 2. The highest BCUT2D eigenvalue weighted by Crippen LogP contribution is 2.29. The van der Waals surface area contributed by atoms with Crippen LogP contribution >= 0.6 is 0 Å². The third-order valence-corrected chi connectivity index (χ3v) is 5.74. The maximum Gasteiger partial charge on any atom is 0.407 e. The summed E-state index contributed by atoms with van der Waals surface area (Å²) in [5.41, 5.74) is -3.27. The highest BCUT2D eigenvalue weighted by atomic mass is 19.1. The fourth-order valence-electron chi connectivity index (χ4n) is 3.99. The number of aromatic nitrogens is 2. The van der Waals surface area contributed by atoms with E-state index in [-0.39, 0.29) is 29.1 Å². The Morgan fingerprint density at radius 3 is 2.21 bits per heavy atom. The van der Waals surface area contributed by atoms with Crippen LogP contribution in [0.2, 0.25) is 0 Å². The van der Waals surface area contributed by atoms with Gasteiger partial charge in [-0.1, -0.05) is 18.2 Å². The average molecular weight is 534 g/mol. The van der Waals surface area contributed by atoms with Gasteiger partial charge < -0.3 is 14.8 Å². The number of hydrogen-bond acceptors (Lipinski definition) is 5. The van der Waals surface area contributed by atoms with Crippen molar-refractivity contribution in [3.63, 3.8) is 0 Å². The van der Waals surface area contributed by atoms with Gasteiger partial charge in [0.2, 0.25) is 0 Å². The zero-order chi connectivity index (χ0) is 28.4. The van der Waals surface area contributed by atoms with E-state index >= 15 is 4.39 Å². The largest absolute Gasteiger partial charge is 0.494 e. The Morgan fingerprint density at radius 1 is 1.03 bits per heavy atom. The summed E-state index contributed by atoms with van der Waals surface area (Å²) in [6.45, 7) is 7.09. The highest BCUT2D eigenvalue weighted by molar-refractivity contribution is 5.68. The van der Waals surface area contributed by atoms with Crippen LogP contribution in [0.1, 0.15) is 39.0 Å². The van der Waals surface area contributed by atoms with Crippen LogP contribution in [-0.2, 0) is 17.8 Å². The van der Waals surface area contributed by atoms with Crippen molar-refractivity contribution in [2.45, 2.75) is 59.4 Å². The Kier molecular flexibility index (Phi) is 8.38. The van der Waals surface area contributed by atoms with E-state index in [1.165, 1.54) is 38.3 Å². The number of halogens is 3. The normalized spacial score (nSPS) is 12.2. The lowest BCUT2D eigenvalue weighted by Gasteiger charge is -2.23. The molecular weight excluding hydrogens is 503 g/mol. The standard InChI is InChI=1S/C27H30F3N3O5/c1-15(31-25(35)38-27(3,4)5)13-33-24(34)22(17-9-7-12-21(37-6)23(17)30)16(2)32(26(33)36)14-18-19(28)10-8-11-20(18)29/h7-12,15H,13-14H2,1-6H3,(H,31,35)/t15-/m1/s1. The van der Waals surface area contributed by atoms with Gasteiger partial charge in [0.05, 0.1) is 25.8 Å². The second-order valence-corrected chi connectivity index (χ2v) is 9.81. The monoisotopic (exact) mass is 533 g/mol. The number of benzene rings is 2. The van der Waals surface area contributed by atoms with Crippen LogP contribution in [0.5, 0.6) is 5.75 Å². The minimum absolute atomic E-state index is 0.00110. The second kappa shape index (κ2) is 11.2. The Labute approximate surface area is 217 Å². The van der Waals surface area contributed by atoms with E-state index in [9.17, 15) is 23.2 Å². The van der Waals surface area contributed by atoms with Crippen LogP contribution in [0.3, 0.4) is 0 Å². The number of hydrogen-bond donors (Lipinski definition) is 1. The second-order valence-electron chi connectivity index (χ2n) is 9.81. The molecule has 1 aromatic heterocycles. The van der Waals surface area contributed by atoms with Crippen LogP contribution < -0.4 is 21.3 Å². The van der Waals surface area contributed by atoms with Crippen molar-refractivity contribution in [1.29, 1.82) is 0 Å². The van der Waals surface area contributed by atoms with Crippen molar-refractivity contribution in [1.82, 2.24) is 14.5 Å². The molecule has 0 aliphatic rings. The van der Waals surface area contributed by atoms with Crippen LogP contribution in [0.15, 0.2) is 46.0 Å². The van der Waals surface area contributed by atoms with E-state index < -0.39 is 58.5 Å². The molecule has 1 atom stereocenters. The van der Waals surface area contributed by atoms with Crippen molar-refractivity contribution in [2.75, 3.05) is 7.11 Å². The van der Waals surface area contributed by atoms with Crippen molar-refractivity contribution in [3.8, 4) is 16.9 Å². The molecule has 3 aromatic rings. The molecule has 0 saturated heterocycles. The smallest absolute Gasteiger partial charge is 0.407 e. The Hall–Kier alpha value is -4.02. The minimum atomic E-state index is -0.889. The summed E-state index contributed by atoms with van der Waals surface area (Å²) in [7, 11) is 1.26. The summed E-state index contributed by atoms with van der Waals surface area (Å²) < 4.78 is 56.3. The molecule has 8 nitrogen and oxygen atoms in total. The molecule has 2 aromatic carbocycles. The van der Waals surface area contributed by atoms with Gasteiger partial charge in [-0.2, -0.15) is 0 Å². The molecule has 1 N–H and O–H groups in total. The number of nitrogens with zero attached hydrogens (tertiary/aromatic N) is 2. The van der Waals surface area contributed by atoms with E-state index in [0.29, 0.717) is 0 Å². The summed E-state index contributed by atoms with van der Waals surface area (Å²) in [6, 6.07) is 6.68. The number of rotatable bonds is 7. The maximum atomic E-state index is 15.3. The third kappa shape index (κ3) is 6.09. The van der Waals surface area contributed by atoms with E-state index in [2.05, 4.69) is 5.32 Å². The first-order valence-electron chi connectivity index (χ1n) is 11.8. The maximum absolute atomic E-state index is 15.3. The molecule has 0 aliphatic heterocycles. The number of alkyl carbamates (subject to hydrolysis) is 1. The first-order valence-corrected chi connectivity index (χ1v) is 11.8. The average Bonchev–Trinajstić information content (AvgIpc) is 2.81. The fraction of sp³-hybridized carbons (Fsp3) is 0.370. The highest BCUT2D eigenvalue weighted by Gasteiger charge is 2.25. The molecule has 0 unspecified atom stereocenters. The summed E-state index contributed by atoms with van der Waals surface area (Å²) in [5.74, 6) is -2.75. The quantitative estimate of drug-likeness (QED) is 0.487. The van der Waals surface area contributed by atoms with E-state index in [1.807, 2.05) is 0 Å². The predicted molar refractivity (Wildman–Crippen MR) is 136 cm³/mol. The lowest BCUT2D eigenvalue weighted by Crippen LogP contribution is -2.47. The number of methoxy groups -OCH3 is 1. The Morgan fingerprint density at radius 2 is 1.63 bits per heavy atom. The minimum Gasteiger partial charge on any atom is -0.494 e. The van der Waals surface area contributed by atoms with Gasteiger partial charge >= 0.3 is 11.8 Å². The Balaban J connectivity index is 2.21. The van der Waals surface area contributed by atoms with Crippen LogP contribution in [0.4, 0.5) is 18.0 Å². The van der Waals surface area contributed by atoms with Gasteiger partial charge in [-0.3, -0.25) is 13.9 Å². The van der Waals surface area contributed by atoms with Gasteiger partial charge in [0.1, 0.15) is 17.2 Å². The summed E-state index contributed by atoms with van der Waals surface area (Å²) in [5, 5.41) is 2.55. The molecule has 3 rings (SSSR count). The molecule has 1 heterocycles. The molecular formula is C27H30F3N3O5. The summed E-state index contributed by atoms with van der Waals surface area (Å²) >= 11 is 0. The molecule has 0 radical (unpaired) electrons. The summed E-state index contributed by atoms with van der Waals surface area (Å²) in [6.07, 6.45) is -0.766. The van der Waals surface area contributed by atoms with Gasteiger partial charge in [0.25, 0.3) is 5.56 Å². The number of nitrogens with one attached hydrogen (secondary N) is 1.